The van der Waals surface area contributed by atoms with Gasteiger partial charge in [-0.3, -0.25) is 37.7 Å². The molecule has 2 aromatic heterocycles. The number of phosphoric ester groups is 3. The number of anilines is 1. The summed E-state index contributed by atoms with van der Waals surface area (Å²) in [7, 11) is -17.6. The summed E-state index contributed by atoms with van der Waals surface area (Å²) >= 11 is 0.866. The molecule has 1 fully saturated rings. The van der Waals surface area contributed by atoms with Gasteiger partial charge in [0.25, 0.3) is 15.6 Å². The summed E-state index contributed by atoms with van der Waals surface area (Å²) < 4.78 is 60.3. The number of amides is 2. The zero-order valence-electron chi connectivity index (χ0n) is 32.5. The lowest BCUT2D eigenvalue weighted by Crippen LogP contribution is -2.46. The van der Waals surface area contributed by atoms with Crippen LogP contribution in [0.5, 0.6) is 0 Å². The van der Waals surface area contributed by atoms with Gasteiger partial charge in [0, 0.05) is 43.1 Å². The zero-order valence-corrected chi connectivity index (χ0v) is 36.0. The minimum absolute atomic E-state index is 0.0279. The molecule has 0 aromatic carbocycles. The van der Waals surface area contributed by atoms with E-state index < -0.39 is 96.9 Å². The topological polar surface area (TPSA) is 449 Å². The Balaban J connectivity index is 0.00000168. The maximum Gasteiger partial charge on any atom is 0.274 e. The minimum atomic E-state index is -5.92. The van der Waals surface area contributed by atoms with Crippen molar-refractivity contribution >= 4 is 86.7 Å². The number of phosphoric acid groups is 3. The van der Waals surface area contributed by atoms with E-state index >= 15 is 0 Å². The van der Waals surface area contributed by atoms with Gasteiger partial charge in [-0.15, -0.1) is 0 Å². The number of aliphatic hydroxyl groups is 2. The number of carbonyl (C=O) groups is 6. The summed E-state index contributed by atoms with van der Waals surface area (Å²) in [5.41, 5.74) is 4.03. The molecule has 3 rings (SSSR count). The number of rotatable bonds is 23. The Bertz CT molecular complexity index is 2040. The lowest BCUT2D eigenvalue weighted by molar-refractivity contribution is -0.347. The number of nitrogen functional groups attached to an aromatic ring is 1. The highest BCUT2D eigenvalue weighted by atomic mass is 32.2. The van der Waals surface area contributed by atoms with Crippen LogP contribution < -0.4 is 41.0 Å². The van der Waals surface area contributed by atoms with Gasteiger partial charge in [-0.25, -0.2) is 19.3 Å². The molecule has 0 aliphatic carbocycles. The first-order valence-electron chi connectivity index (χ1n) is 17.2. The van der Waals surface area contributed by atoms with Crippen LogP contribution in [0.1, 0.15) is 53.2 Å². The highest BCUT2D eigenvalue weighted by molar-refractivity contribution is 8.13. The number of aromatic nitrogens is 4. The normalized spacial score (nSPS) is 20.4. The molecule has 3 heterocycles. The van der Waals surface area contributed by atoms with E-state index in [0.717, 1.165) is 29.0 Å². The molecule has 0 spiro atoms. The Morgan fingerprint density at radius 2 is 1.61 bits per heavy atom. The van der Waals surface area contributed by atoms with Crippen LogP contribution in [-0.2, 0) is 65.1 Å². The van der Waals surface area contributed by atoms with Gasteiger partial charge in [0.2, 0.25) is 11.8 Å². The fourth-order valence-electron chi connectivity index (χ4n) is 4.73. The van der Waals surface area contributed by atoms with Crippen LogP contribution in [0.2, 0.25) is 0 Å². The van der Waals surface area contributed by atoms with E-state index in [1.165, 1.54) is 27.7 Å². The van der Waals surface area contributed by atoms with Gasteiger partial charge in [0.05, 0.1) is 33.8 Å². The number of nitrogens with two attached hydrogens (primary N) is 1. The number of carboxylic acids is 1. The molecule has 7 unspecified atom stereocenters. The van der Waals surface area contributed by atoms with Crippen LogP contribution in [0.25, 0.3) is 11.2 Å². The van der Waals surface area contributed by atoms with Crippen molar-refractivity contribution in [3.05, 3.63) is 12.7 Å². The zero-order chi connectivity index (χ0) is 46.5. The van der Waals surface area contributed by atoms with Gasteiger partial charge in [-0.1, -0.05) is 25.6 Å². The Morgan fingerprint density at radius 1 is 0.984 bits per heavy atom. The lowest BCUT2D eigenvalue weighted by atomic mass is 9.87. The molecule has 344 valence electrons. The van der Waals surface area contributed by atoms with E-state index in [-0.39, 0.29) is 65.3 Å². The van der Waals surface area contributed by atoms with Gasteiger partial charge in [0.15, 0.2) is 22.8 Å². The number of nitrogens with zero attached hydrogens (tertiary/aromatic N) is 4. The second kappa shape index (κ2) is 23.2. The number of hydrogen-bond donors (Lipinski definition) is 5. The molecule has 32 heteroatoms. The van der Waals surface area contributed by atoms with Crippen molar-refractivity contribution in [3.63, 3.8) is 0 Å². The number of ether oxygens (including phenoxy) is 1. The summed E-state index contributed by atoms with van der Waals surface area (Å²) in [6.07, 6.45) is -8.39. The van der Waals surface area contributed by atoms with Crippen LogP contribution in [0, 0.1) is 5.41 Å². The summed E-state index contributed by atoms with van der Waals surface area (Å²) in [5, 5.41) is 35.1. The molecule has 2 aromatic rings. The third-order valence-electron chi connectivity index (χ3n) is 7.53. The number of fused-ring (bicyclic) bond motifs is 1. The second-order valence-electron chi connectivity index (χ2n) is 13.3. The number of thioether (sulfide) groups is 1. The predicted molar refractivity (Wildman–Crippen MR) is 194 cm³/mol. The van der Waals surface area contributed by atoms with Gasteiger partial charge in [-0.05, 0) is 13.8 Å². The number of Topliss-reactive ketones (excluding diaryl/α,β-unsaturated/α-hetero) is 2. The first-order valence-corrected chi connectivity index (χ1v) is 22.6. The van der Waals surface area contributed by atoms with Crippen molar-refractivity contribution in [3.8, 4) is 0 Å². The molecule has 61 heavy (non-hydrogen) atoms. The average molecular weight is 949 g/mol. The highest BCUT2D eigenvalue weighted by Gasteiger charge is 2.47. The summed E-state index contributed by atoms with van der Waals surface area (Å²) in [6, 6.07) is 0. The standard InChI is InChI=1S/C25H40N7O18P3S.C4H6O3/c1-13(33)8-16(35)54-7-6-27-15(34)4-5-28-23(38)20(37)25(2,3)10-47-53(44,45)50-52(42,43)46-9-14-19(49-51(39,40)41)18(36)24(48-14)32-12-31-17-21(26)29-11-30-22(17)32;1-3(5)2-4(6)7/h11-12,14,18-20,24,36-37H,4-10H2,1-3H3,(H,27,34)(H,28,38)(H,42,43)(H,44,45)(H2,26,29,30)(H2,39,40,41);2H2,1H3,(H,6,7)/p-5. The van der Waals surface area contributed by atoms with Gasteiger partial charge >= 0.3 is 0 Å². The third kappa shape index (κ3) is 18.7. The Morgan fingerprint density at radius 3 is 2.18 bits per heavy atom. The quantitative estimate of drug-likeness (QED) is 0.0395. The Kier molecular flexibility index (Phi) is 20.3. The van der Waals surface area contributed by atoms with Gasteiger partial charge in [-0.2, -0.15) is 0 Å². The molecule has 1 aliphatic heterocycles. The molecule has 2 amide bonds. The van der Waals surface area contributed by atoms with Crippen molar-refractivity contribution in [2.75, 3.05) is 37.8 Å². The van der Waals surface area contributed by atoms with Crippen molar-refractivity contribution in [1.29, 1.82) is 0 Å². The van der Waals surface area contributed by atoms with Crippen LogP contribution in [0.15, 0.2) is 12.7 Å². The smallest absolute Gasteiger partial charge is 0.274 e. The number of aliphatic carboxylic acids is 1. The lowest BCUT2D eigenvalue weighted by Gasteiger charge is -2.36. The fourth-order valence-corrected chi connectivity index (χ4v) is 8.20. The average Bonchev–Trinajstić information content (AvgIpc) is 3.67. The molecule has 28 nitrogen and oxygen atoms in total. The maximum atomic E-state index is 12.5. The number of ketones is 2. The van der Waals surface area contributed by atoms with Crippen molar-refractivity contribution in [2.45, 2.75) is 77.6 Å². The van der Waals surface area contributed by atoms with Crippen molar-refractivity contribution < 1.29 is 100.0 Å². The molecule has 1 aliphatic rings. The van der Waals surface area contributed by atoms with E-state index in [1.54, 1.807) is 0 Å². The van der Waals surface area contributed by atoms with Crippen LogP contribution in [-0.4, -0.2) is 121 Å². The summed E-state index contributed by atoms with van der Waals surface area (Å²) in [5.74, 6) is -3.41. The number of hydrogen-bond acceptors (Lipinski definition) is 26. The second-order valence-corrected chi connectivity index (χ2v) is 18.5. The fraction of sp³-hybridized carbons (Fsp3) is 0.621. The van der Waals surface area contributed by atoms with Gasteiger partial charge in [0.1, 0.15) is 47.8 Å². The molecule has 0 radical (unpaired) electrons. The molecule has 0 bridgehead atoms. The number of carboxylic acid groups (broad SMARTS) is 1. The molecule has 1 saturated heterocycles. The Hall–Kier alpha value is -3.63. The molecular formula is C29H41N7O21P3S-5. The minimum Gasteiger partial charge on any atom is -0.790 e. The van der Waals surface area contributed by atoms with Crippen molar-refractivity contribution in [1.82, 2.24) is 30.2 Å². The number of aliphatic hydroxyl groups excluding tert-OH is 2. The first-order chi connectivity index (χ1) is 28.0. The van der Waals surface area contributed by atoms with Crippen LogP contribution >= 0.6 is 35.2 Å². The molecule has 7 atom stereocenters. The summed E-state index contributed by atoms with van der Waals surface area (Å²) in [6.45, 7) is 2.38. The van der Waals surface area contributed by atoms with Crippen LogP contribution in [0.4, 0.5) is 5.82 Å². The predicted octanol–water partition coefficient (Wildman–Crippen LogP) is -5.17. The third-order valence-corrected chi connectivity index (χ3v) is 11.4. The molecular weight excluding hydrogens is 907 g/mol. The molecule has 0 saturated carbocycles. The number of carbonyl (C=O) groups excluding carboxylic acids is 6. The van der Waals surface area contributed by atoms with E-state index in [9.17, 15) is 77.4 Å². The maximum absolute atomic E-state index is 12.5. The number of nitrogens with one attached hydrogen (secondary N) is 2. The van der Waals surface area contributed by atoms with E-state index in [1.807, 2.05) is 0 Å². The largest absolute Gasteiger partial charge is 0.790 e. The van der Waals surface area contributed by atoms with E-state index in [4.69, 9.17) is 10.5 Å². The molecule has 6 N–H and O–H groups in total. The Labute approximate surface area is 349 Å². The monoisotopic (exact) mass is 948 g/mol. The van der Waals surface area contributed by atoms with E-state index in [0.29, 0.717) is 0 Å². The first kappa shape index (κ1) is 53.5. The van der Waals surface area contributed by atoms with Crippen molar-refractivity contribution in [2.24, 2.45) is 5.41 Å². The number of imidazole rings is 1. The summed E-state index contributed by atoms with van der Waals surface area (Å²) in [4.78, 5) is 125. The van der Waals surface area contributed by atoms with E-state index in [2.05, 4.69) is 43.5 Å². The highest BCUT2D eigenvalue weighted by Crippen LogP contribution is 2.56. The van der Waals surface area contributed by atoms with Gasteiger partial charge < -0.3 is 78.9 Å². The van der Waals surface area contributed by atoms with Crippen LogP contribution in [0.3, 0.4) is 0 Å². The SMILES string of the molecule is CC(=O)CC(=O)SCCNC(=O)CCNC(=O)C(O)C(C)(C)COP(=O)([O-])OP(=O)([O-])OCC1OC(n2cnc3c(N)ncnc32)C(O)C1OP(=O)([O-])[O-].CC(=O)CC(=O)[O-].